The van der Waals surface area contributed by atoms with E-state index in [0.29, 0.717) is 17.9 Å². The Morgan fingerprint density at radius 2 is 1.63 bits per heavy atom. The van der Waals surface area contributed by atoms with Crippen molar-refractivity contribution in [3.63, 3.8) is 0 Å². The first kappa shape index (κ1) is 26.8. The van der Waals surface area contributed by atoms with Crippen LogP contribution < -0.4 is 10.3 Å². The van der Waals surface area contributed by atoms with Crippen LogP contribution in [0.1, 0.15) is 5.56 Å². The third kappa shape index (κ3) is 4.90. The molecule has 0 aliphatic heterocycles. The monoisotopic (exact) mass is 583 g/mol. The third-order valence-corrected chi connectivity index (χ3v) is 8.91. The number of fused-ring (bicyclic) bond motifs is 2. The van der Waals surface area contributed by atoms with Gasteiger partial charge < -0.3 is 9.30 Å². The summed E-state index contributed by atoms with van der Waals surface area (Å²) in [6.07, 6.45) is 3.19. The van der Waals surface area contributed by atoms with Gasteiger partial charge in [-0.1, -0.05) is 29.8 Å². The molecular weight excluding hydrogens is 558 g/mol. The molecule has 206 valence electrons. The van der Waals surface area contributed by atoms with Crippen LogP contribution in [-0.4, -0.2) is 34.4 Å². The van der Waals surface area contributed by atoms with Crippen LogP contribution in [0.3, 0.4) is 0 Å². The number of pyridine rings is 2. The lowest BCUT2D eigenvalue weighted by atomic mass is 10.0. The lowest BCUT2D eigenvalue weighted by molar-refractivity contribution is 0.343. The van der Waals surface area contributed by atoms with Crippen molar-refractivity contribution < 1.29 is 13.2 Å². The van der Waals surface area contributed by atoms with E-state index in [1.54, 1.807) is 43.6 Å². The Hall–Kier alpha value is -4.40. The first-order valence-corrected chi connectivity index (χ1v) is 15.0. The molecule has 7 nitrogen and oxygen atoms in total. The van der Waals surface area contributed by atoms with Crippen molar-refractivity contribution in [2.24, 2.45) is 7.05 Å². The summed E-state index contributed by atoms with van der Waals surface area (Å²) in [5.41, 5.74) is 4.87. The van der Waals surface area contributed by atoms with E-state index in [2.05, 4.69) is 0 Å². The number of benzene rings is 3. The number of aryl methyl sites for hydroxylation is 2. The van der Waals surface area contributed by atoms with Crippen LogP contribution >= 0.6 is 11.6 Å². The van der Waals surface area contributed by atoms with Gasteiger partial charge in [-0.3, -0.25) is 4.79 Å². The van der Waals surface area contributed by atoms with Gasteiger partial charge in [-0.2, -0.15) is 0 Å². The Labute approximate surface area is 242 Å². The Morgan fingerprint density at radius 1 is 0.902 bits per heavy atom. The summed E-state index contributed by atoms with van der Waals surface area (Å²) in [6.45, 7) is 2.34. The highest BCUT2D eigenvalue weighted by Crippen LogP contribution is 2.32. The zero-order valence-corrected chi connectivity index (χ0v) is 24.0. The van der Waals surface area contributed by atoms with Gasteiger partial charge in [0.05, 0.1) is 22.0 Å². The molecule has 0 bridgehead atoms. The maximum atomic E-state index is 13.5. The van der Waals surface area contributed by atoms with Gasteiger partial charge in [0.15, 0.2) is 0 Å². The quantitative estimate of drug-likeness (QED) is 0.204. The zero-order chi connectivity index (χ0) is 28.7. The van der Waals surface area contributed by atoms with Crippen LogP contribution in [0.25, 0.3) is 44.2 Å². The molecule has 0 aliphatic carbocycles. The van der Waals surface area contributed by atoms with Crippen LogP contribution in [0.2, 0.25) is 0 Å². The summed E-state index contributed by atoms with van der Waals surface area (Å²) >= 11 is 5.70. The summed E-state index contributed by atoms with van der Waals surface area (Å²) in [6, 6.07) is 25.8. The van der Waals surface area contributed by atoms with E-state index in [0.717, 1.165) is 48.6 Å². The zero-order valence-electron chi connectivity index (χ0n) is 22.4. The van der Waals surface area contributed by atoms with Crippen LogP contribution in [0.5, 0.6) is 5.75 Å². The molecule has 41 heavy (non-hydrogen) atoms. The van der Waals surface area contributed by atoms with Crippen LogP contribution in [0.4, 0.5) is 0 Å². The van der Waals surface area contributed by atoms with Crippen molar-refractivity contribution in [2.45, 2.75) is 11.8 Å². The van der Waals surface area contributed by atoms with Crippen molar-refractivity contribution in [2.75, 3.05) is 12.5 Å². The number of halogens is 1. The number of hydrogen-bond acceptors (Lipinski definition) is 5. The maximum Gasteiger partial charge on any atom is 0.275 e. The summed E-state index contributed by atoms with van der Waals surface area (Å²) < 4.78 is 35.1. The predicted octanol–water partition coefficient (Wildman–Crippen LogP) is 6.39. The standard InChI is InChI=1S/C32H26ClN3O4S/c1-21-3-11-26(12-4-21)41(38,39)36-17-15-27-28(20-35(2)32(37)31(27)36)23-7-13-30-24(19-23)8-14-29(34-30)22-5-9-25(10-6-22)40-18-16-33/h3-15,17,19-20H,16,18H2,1-2H3. The van der Waals surface area contributed by atoms with E-state index in [4.69, 9.17) is 21.3 Å². The third-order valence-electron chi connectivity index (χ3n) is 7.06. The SMILES string of the molecule is Cc1ccc(S(=O)(=O)n2ccc3c(-c4ccc5nc(-c6ccc(OCCCl)cc6)ccc5c4)cn(C)c(=O)c32)cc1. The summed E-state index contributed by atoms with van der Waals surface area (Å²) in [5.74, 6) is 1.18. The number of nitrogens with zero attached hydrogens (tertiary/aromatic N) is 3. The number of hydrogen-bond donors (Lipinski definition) is 0. The van der Waals surface area contributed by atoms with Gasteiger partial charge in [0.25, 0.3) is 15.6 Å². The van der Waals surface area contributed by atoms with Crippen LogP contribution in [0, 0.1) is 6.92 Å². The van der Waals surface area contributed by atoms with Gasteiger partial charge in [0.1, 0.15) is 17.9 Å². The van der Waals surface area contributed by atoms with E-state index >= 15 is 0 Å². The molecule has 3 aromatic carbocycles. The lowest BCUT2D eigenvalue weighted by Crippen LogP contribution is -2.22. The highest BCUT2D eigenvalue weighted by atomic mass is 35.5. The van der Waals surface area contributed by atoms with Crippen molar-refractivity contribution in [1.82, 2.24) is 13.5 Å². The molecule has 6 rings (SSSR count). The first-order chi connectivity index (χ1) is 19.8. The number of aromatic nitrogens is 3. The molecule has 0 unspecified atom stereocenters. The first-order valence-electron chi connectivity index (χ1n) is 13.0. The Kier molecular flexibility index (Phi) is 6.89. The topological polar surface area (TPSA) is 83.2 Å². The molecule has 6 aromatic rings. The second-order valence-electron chi connectivity index (χ2n) is 9.82. The molecule has 0 aliphatic rings. The molecule has 0 atom stereocenters. The summed E-state index contributed by atoms with van der Waals surface area (Å²) in [5, 5.41) is 1.48. The van der Waals surface area contributed by atoms with Crippen molar-refractivity contribution >= 4 is 43.4 Å². The lowest BCUT2D eigenvalue weighted by Gasteiger charge is -2.12. The number of alkyl halides is 1. The molecule has 0 saturated carbocycles. The predicted molar refractivity (Wildman–Crippen MR) is 163 cm³/mol. The van der Waals surface area contributed by atoms with Crippen molar-refractivity contribution in [3.05, 3.63) is 113 Å². The van der Waals surface area contributed by atoms with Crippen LogP contribution in [-0.2, 0) is 17.1 Å². The molecule has 3 aromatic heterocycles. The largest absolute Gasteiger partial charge is 0.492 e. The minimum Gasteiger partial charge on any atom is -0.492 e. The number of ether oxygens (including phenoxy) is 1. The Balaban J connectivity index is 1.41. The molecular formula is C32H26ClN3O4S. The second kappa shape index (κ2) is 10.5. The van der Waals surface area contributed by atoms with E-state index in [-0.39, 0.29) is 10.4 Å². The average molecular weight is 584 g/mol. The normalized spacial score (nSPS) is 11.8. The molecule has 0 fully saturated rings. The fraction of sp³-hybridized carbons (Fsp3) is 0.125. The molecule has 0 N–H and O–H groups in total. The minimum atomic E-state index is -3.97. The van der Waals surface area contributed by atoms with Gasteiger partial charge in [-0.05, 0) is 73.2 Å². The second-order valence-corrected chi connectivity index (χ2v) is 12.0. The fourth-order valence-corrected chi connectivity index (χ4v) is 6.34. The van der Waals surface area contributed by atoms with Gasteiger partial charge >= 0.3 is 0 Å². The number of rotatable bonds is 7. The molecule has 0 saturated heterocycles. The molecule has 0 amide bonds. The highest BCUT2D eigenvalue weighted by Gasteiger charge is 2.23. The Morgan fingerprint density at radius 3 is 2.37 bits per heavy atom. The molecule has 0 spiro atoms. The van der Waals surface area contributed by atoms with Gasteiger partial charge in [0.2, 0.25) is 0 Å². The summed E-state index contributed by atoms with van der Waals surface area (Å²) in [4.78, 5) is 18.2. The van der Waals surface area contributed by atoms with E-state index in [1.165, 1.54) is 10.8 Å². The average Bonchev–Trinajstić information content (AvgIpc) is 3.44. The van der Waals surface area contributed by atoms with Crippen molar-refractivity contribution in [3.8, 4) is 28.1 Å². The van der Waals surface area contributed by atoms with E-state index in [1.807, 2.05) is 61.5 Å². The highest BCUT2D eigenvalue weighted by molar-refractivity contribution is 7.90. The molecule has 0 radical (unpaired) electrons. The smallest absolute Gasteiger partial charge is 0.275 e. The van der Waals surface area contributed by atoms with Crippen molar-refractivity contribution in [1.29, 1.82) is 0 Å². The summed E-state index contributed by atoms with van der Waals surface area (Å²) in [7, 11) is -2.34. The fourth-order valence-electron chi connectivity index (χ4n) is 4.92. The Bertz CT molecular complexity index is 2080. The van der Waals surface area contributed by atoms with E-state index < -0.39 is 15.6 Å². The molecule has 3 heterocycles. The minimum absolute atomic E-state index is 0.109. The van der Waals surface area contributed by atoms with E-state index in [9.17, 15) is 13.2 Å². The van der Waals surface area contributed by atoms with Gasteiger partial charge in [0, 0.05) is 41.3 Å². The van der Waals surface area contributed by atoms with Gasteiger partial charge in [-0.25, -0.2) is 17.4 Å². The van der Waals surface area contributed by atoms with Crippen LogP contribution in [0.15, 0.2) is 107 Å². The van der Waals surface area contributed by atoms with Gasteiger partial charge in [-0.15, -0.1) is 11.6 Å². The molecule has 9 heteroatoms. The maximum absolute atomic E-state index is 13.5.